The summed E-state index contributed by atoms with van der Waals surface area (Å²) in [7, 11) is 0. The van der Waals surface area contributed by atoms with Crippen molar-refractivity contribution in [3.63, 3.8) is 0 Å². The number of amides is 1. The maximum absolute atomic E-state index is 12.4. The number of thiophene rings is 1. The van der Waals surface area contributed by atoms with Crippen LogP contribution in [0.25, 0.3) is 10.6 Å². The smallest absolute Gasteiger partial charge is 0.230 e. The summed E-state index contributed by atoms with van der Waals surface area (Å²) in [6, 6.07) is 5.89. The third kappa shape index (κ3) is 3.54. The zero-order valence-electron chi connectivity index (χ0n) is 14.2. The van der Waals surface area contributed by atoms with Gasteiger partial charge in [0.1, 0.15) is 5.54 Å². The molecule has 3 aromatic rings. The van der Waals surface area contributed by atoms with Gasteiger partial charge in [-0.1, -0.05) is 16.4 Å². The van der Waals surface area contributed by atoms with Crippen molar-refractivity contribution in [1.82, 2.24) is 20.6 Å². The van der Waals surface area contributed by atoms with Crippen LogP contribution in [0.3, 0.4) is 0 Å². The summed E-state index contributed by atoms with van der Waals surface area (Å²) in [4.78, 5) is 17.7. The molecule has 0 unspecified atom stereocenters. The molecule has 1 fully saturated rings. The highest BCUT2D eigenvalue weighted by Crippen LogP contribution is 2.39. The fourth-order valence-corrected chi connectivity index (χ4v) is 4.27. The van der Waals surface area contributed by atoms with Crippen LogP contribution in [-0.2, 0) is 16.1 Å². The minimum atomic E-state index is -0.463. The molecular weight excluding hydrogens is 372 g/mol. The highest BCUT2D eigenvalue weighted by molar-refractivity contribution is 7.99. The van der Waals surface area contributed by atoms with E-state index in [0.29, 0.717) is 23.2 Å². The van der Waals surface area contributed by atoms with Gasteiger partial charge in [0.2, 0.25) is 11.8 Å². The van der Waals surface area contributed by atoms with Crippen molar-refractivity contribution in [2.45, 2.75) is 37.5 Å². The van der Waals surface area contributed by atoms with Crippen LogP contribution in [0, 0.1) is 6.92 Å². The number of nitrogens with zero attached hydrogens (tertiary/aromatic N) is 3. The largest absolute Gasteiger partial charge is 0.355 e. The quantitative estimate of drug-likeness (QED) is 0.659. The Bertz CT molecular complexity index is 884. The van der Waals surface area contributed by atoms with Gasteiger partial charge in [-0.05, 0) is 30.7 Å². The number of carbonyl (C=O) groups is 1. The predicted molar refractivity (Wildman–Crippen MR) is 98.7 cm³/mol. The summed E-state index contributed by atoms with van der Waals surface area (Å²) in [6.07, 6.45) is 2.73. The number of carbonyl (C=O) groups excluding carboxylic acids is 1. The first-order valence-corrected chi connectivity index (χ1v) is 10.4. The summed E-state index contributed by atoms with van der Waals surface area (Å²) in [5, 5.41) is 13.1. The normalized spacial score (nSPS) is 15.6. The summed E-state index contributed by atoms with van der Waals surface area (Å²) >= 11 is 3.11. The van der Waals surface area contributed by atoms with Gasteiger partial charge >= 0.3 is 0 Å². The first kappa shape index (κ1) is 17.3. The first-order valence-electron chi connectivity index (χ1n) is 8.34. The molecule has 0 saturated heterocycles. The van der Waals surface area contributed by atoms with Gasteiger partial charge < -0.3 is 14.4 Å². The lowest BCUT2D eigenvalue weighted by molar-refractivity contribution is -0.121. The second-order valence-electron chi connectivity index (χ2n) is 6.27. The molecule has 4 rings (SSSR count). The summed E-state index contributed by atoms with van der Waals surface area (Å²) in [6.45, 7) is 1.75. The SMILES string of the molecule is Cc1nc(C2(NC(=O)CSCc3cc(-c4cccs4)on3)CCC2)no1. The van der Waals surface area contributed by atoms with Crippen molar-refractivity contribution in [3.05, 3.63) is 41.0 Å². The van der Waals surface area contributed by atoms with Gasteiger partial charge in [-0.3, -0.25) is 4.79 Å². The Kier molecular flexibility index (Phi) is 4.82. The molecule has 1 aliphatic rings. The van der Waals surface area contributed by atoms with E-state index >= 15 is 0 Å². The van der Waals surface area contributed by atoms with E-state index in [2.05, 4.69) is 20.6 Å². The number of aromatic nitrogens is 3. The van der Waals surface area contributed by atoms with E-state index in [-0.39, 0.29) is 5.91 Å². The molecule has 0 aliphatic heterocycles. The molecule has 1 amide bonds. The zero-order valence-corrected chi connectivity index (χ0v) is 15.9. The third-order valence-electron chi connectivity index (χ3n) is 4.35. The Labute approximate surface area is 158 Å². The van der Waals surface area contributed by atoms with Crippen LogP contribution in [0.15, 0.2) is 32.6 Å². The van der Waals surface area contributed by atoms with Gasteiger partial charge in [0.15, 0.2) is 11.6 Å². The van der Waals surface area contributed by atoms with Crippen LogP contribution in [0.2, 0.25) is 0 Å². The van der Waals surface area contributed by atoms with Gasteiger partial charge in [-0.25, -0.2) is 0 Å². The predicted octanol–water partition coefficient (Wildman–Crippen LogP) is 3.52. The summed E-state index contributed by atoms with van der Waals surface area (Å²) in [5.74, 6) is 2.80. The lowest BCUT2D eigenvalue weighted by atomic mass is 9.76. The molecule has 1 N–H and O–H groups in total. The molecule has 7 nitrogen and oxygen atoms in total. The highest BCUT2D eigenvalue weighted by atomic mass is 32.2. The number of hydrogen-bond donors (Lipinski definition) is 1. The van der Waals surface area contributed by atoms with E-state index < -0.39 is 5.54 Å². The van der Waals surface area contributed by atoms with Crippen molar-refractivity contribution in [1.29, 1.82) is 0 Å². The average molecular weight is 390 g/mol. The zero-order chi connectivity index (χ0) is 18.0. The number of rotatable bonds is 7. The molecule has 0 radical (unpaired) electrons. The van der Waals surface area contributed by atoms with E-state index in [9.17, 15) is 4.79 Å². The van der Waals surface area contributed by atoms with Gasteiger partial charge in [-0.15, -0.1) is 23.1 Å². The van der Waals surface area contributed by atoms with Gasteiger partial charge in [0, 0.05) is 18.7 Å². The van der Waals surface area contributed by atoms with Crippen LogP contribution in [0.1, 0.15) is 36.7 Å². The van der Waals surface area contributed by atoms with Crippen LogP contribution in [0.4, 0.5) is 0 Å². The molecule has 0 atom stereocenters. The van der Waals surface area contributed by atoms with E-state index in [0.717, 1.165) is 35.6 Å². The Morgan fingerprint density at radius 2 is 2.27 bits per heavy atom. The van der Waals surface area contributed by atoms with Crippen LogP contribution in [-0.4, -0.2) is 27.0 Å². The molecule has 1 saturated carbocycles. The van der Waals surface area contributed by atoms with Gasteiger partial charge in [0.05, 0.1) is 16.3 Å². The Morgan fingerprint density at radius 3 is 2.92 bits per heavy atom. The van der Waals surface area contributed by atoms with Crippen LogP contribution >= 0.6 is 23.1 Å². The maximum Gasteiger partial charge on any atom is 0.230 e. The van der Waals surface area contributed by atoms with Gasteiger partial charge in [0.25, 0.3) is 0 Å². The number of aryl methyl sites for hydroxylation is 1. The molecular formula is C17H18N4O3S2. The van der Waals surface area contributed by atoms with Crippen molar-refractivity contribution in [3.8, 4) is 10.6 Å². The topological polar surface area (TPSA) is 94.1 Å². The minimum absolute atomic E-state index is 0.0286. The van der Waals surface area contributed by atoms with Crippen LogP contribution in [0.5, 0.6) is 0 Å². The molecule has 136 valence electrons. The highest BCUT2D eigenvalue weighted by Gasteiger charge is 2.44. The van der Waals surface area contributed by atoms with E-state index in [4.69, 9.17) is 9.05 Å². The van der Waals surface area contributed by atoms with Gasteiger partial charge in [-0.2, -0.15) is 4.98 Å². The average Bonchev–Trinajstić information content (AvgIpc) is 3.32. The Morgan fingerprint density at radius 1 is 1.38 bits per heavy atom. The number of thioether (sulfide) groups is 1. The standard InChI is InChI=1S/C17H18N4O3S2/c1-11-18-16(21-23-11)17(5-3-6-17)19-15(22)10-25-9-12-8-13(24-20-12)14-4-2-7-26-14/h2,4,7-8H,3,5-6,9-10H2,1H3,(H,19,22). The fourth-order valence-electron chi connectivity index (χ4n) is 2.89. The van der Waals surface area contributed by atoms with E-state index in [1.807, 2.05) is 23.6 Å². The van der Waals surface area contributed by atoms with Crippen molar-refractivity contribution >= 4 is 29.0 Å². The summed E-state index contributed by atoms with van der Waals surface area (Å²) < 4.78 is 10.4. The molecule has 3 aromatic heterocycles. The van der Waals surface area contributed by atoms with Crippen molar-refractivity contribution in [2.75, 3.05) is 5.75 Å². The molecule has 26 heavy (non-hydrogen) atoms. The lowest BCUT2D eigenvalue weighted by Crippen LogP contribution is -2.52. The first-order chi connectivity index (χ1) is 12.6. The maximum atomic E-state index is 12.4. The molecule has 0 bridgehead atoms. The molecule has 0 aromatic carbocycles. The van der Waals surface area contributed by atoms with Crippen molar-refractivity contribution < 1.29 is 13.8 Å². The second-order valence-corrected chi connectivity index (χ2v) is 8.21. The molecule has 0 spiro atoms. The molecule has 3 heterocycles. The number of nitrogens with one attached hydrogen (secondary N) is 1. The summed E-state index contributed by atoms with van der Waals surface area (Å²) in [5.41, 5.74) is 0.369. The molecule has 9 heteroatoms. The molecule has 1 aliphatic carbocycles. The number of hydrogen-bond acceptors (Lipinski definition) is 8. The van der Waals surface area contributed by atoms with E-state index in [1.165, 1.54) is 11.8 Å². The van der Waals surface area contributed by atoms with E-state index in [1.54, 1.807) is 18.3 Å². The third-order valence-corrected chi connectivity index (χ3v) is 6.20. The monoisotopic (exact) mass is 390 g/mol. The second kappa shape index (κ2) is 7.24. The Balaban J connectivity index is 1.29. The fraction of sp³-hybridized carbons (Fsp3) is 0.412. The minimum Gasteiger partial charge on any atom is -0.355 e. The van der Waals surface area contributed by atoms with Crippen molar-refractivity contribution in [2.24, 2.45) is 0 Å². The lowest BCUT2D eigenvalue weighted by Gasteiger charge is -2.39. The van der Waals surface area contributed by atoms with Crippen LogP contribution < -0.4 is 5.32 Å². The Hall–Kier alpha value is -2.13.